The predicted octanol–water partition coefficient (Wildman–Crippen LogP) is 1.63. The molecule has 0 spiro atoms. The molecule has 0 aromatic rings. The van der Waals surface area contributed by atoms with E-state index in [2.05, 4.69) is 5.32 Å². The maximum atomic E-state index is 8.99. The largest absolute Gasteiger partial charge is 0.376 e. The third-order valence-corrected chi connectivity index (χ3v) is 0.731. The second-order valence-corrected chi connectivity index (χ2v) is 4.46. The van der Waals surface area contributed by atoms with Crippen LogP contribution in [0.2, 0.25) is 0 Å². The summed E-state index contributed by atoms with van der Waals surface area (Å²) in [6.45, 7) is 2.96. The molecule has 0 aliphatic rings. The molecule has 0 fully saturated rings. The molecule has 0 aliphatic carbocycles. The van der Waals surface area contributed by atoms with E-state index >= 15 is 0 Å². The normalized spacial score (nSPS) is 14.0. The van der Waals surface area contributed by atoms with Crippen molar-refractivity contribution < 1.29 is 5.11 Å². The van der Waals surface area contributed by atoms with Crippen LogP contribution in [0.5, 0.6) is 0 Å². The van der Waals surface area contributed by atoms with Gasteiger partial charge in [-0.15, -0.1) is 0 Å². The predicted molar refractivity (Wildman–Crippen MR) is 39.7 cm³/mol. The first-order valence-electron chi connectivity index (χ1n) is 2.29. The average Bonchev–Trinajstić information content (AvgIpc) is 1.14. The molecule has 0 bridgehead atoms. The van der Waals surface area contributed by atoms with Gasteiger partial charge in [-0.2, -0.15) is 0 Å². The number of hydrogen-bond donors (Lipinski definition) is 2. The summed E-state index contributed by atoms with van der Waals surface area (Å²) in [6, 6.07) is 0. The number of alkyl halides is 3. The van der Waals surface area contributed by atoms with Gasteiger partial charge in [0.15, 0.2) is 0 Å². The fourth-order valence-corrected chi connectivity index (χ4v) is 1.04. The molecular weight excluding hydrogens is 184 g/mol. The monoisotopic (exact) mass is 191 g/mol. The summed E-state index contributed by atoms with van der Waals surface area (Å²) in [6.07, 6.45) is 0. The summed E-state index contributed by atoms with van der Waals surface area (Å²) >= 11 is 15.8. The minimum Gasteiger partial charge on any atom is -0.376 e. The summed E-state index contributed by atoms with van der Waals surface area (Å²) in [4.78, 5) is 0. The molecule has 2 nitrogen and oxygen atoms in total. The van der Waals surface area contributed by atoms with E-state index < -0.39 is 9.64 Å². The Balaban J connectivity index is 3.75. The van der Waals surface area contributed by atoms with E-state index in [-0.39, 0.29) is 0 Å². The molecule has 0 rings (SSSR count). The summed E-state index contributed by atoms with van der Waals surface area (Å²) in [5.74, 6) is 0. The second kappa shape index (κ2) is 2.81. The molecule has 0 heterocycles. The zero-order valence-corrected chi connectivity index (χ0v) is 7.35. The standard InChI is InChI=1S/C4H8Cl3NO/c1-3(2,9)8-4(5,6)7/h8-9H,1-2H3. The Morgan fingerprint density at radius 1 is 1.22 bits per heavy atom. The molecule has 56 valence electrons. The fraction of sp³-hybridized carbons (Fsp3) is 1.00. The highest BCUT2D eigenvalue weighted by molar-refractivity contribution is 6.67. The molecule has 0 saturated carbocycles. The Bertz CT molecular complexity index is 81.0. The molecule has 0 radical (unpaired) electrons. The van der Waals surface area contributed by atoms with Gasteiger partial charge >= 0.3 is 0 Å². The van der Waals surface area contributed by atoms with Gasteiger partial charge in [-0.1, -0.05) is 34.8 Å². The van der Waals surface area contributed by atoms with Crippen LogP contribution in [-0.4, -0.2) is 14.7 Å². The number of hydrogen-bond acceptors (Lipinski definition) is 2. The van der Waals surface area contributed by atoms with Gasteiger partial charge in [0.1, 0.15) is 5.72 Å². The Kier molecular flexibility index (Phi) is 3.05. The summed E-state index contributed by atoms with van der Waals surface area (Å²) in [7, 11) is 0. The second-order valence-electron chi connectivity index (χ2n) is 2.18. The molecule has 0 aromatic carbocycles. The molecule has 0 aromatic heterocycles. The van der Waals surface area contributed by atoms with Gasteiger partial charge in [0.25, 0.3) is 0 Å². The lowest BCUT2D eigenvalue weighted by Crippen LogP contribution is -2.46. The molecule has 0 saturated heterocycles. The molecular formula is C4H8Cl3NO. The van der Waals surface area contributed by atoms with Crippen LogP contribution < -0.4 is 5.32 Å². The lowest BCUT2D eigenvalue weighted by atomic mass is 10.3. The van der Waals surface area contributed by atoms with E-state index in [1.54, 1.807) is 0 Å². The maximum absolute atomic E-state index is 8.99. The van der Waals surface area contributed by atoms with Crippen molar-refractivity contribution in [1.29, 1.82) is 0 Å². The van der Waals surface area contributed by atoms with Gasteiger partial charge in [-0.05, 0) is 13.8 Å². The van der Waals surface area contributed by atoms with Crippen LogP contribution in [0.15, 0.2) is 0 Å². The van der Waals surface area contributed by atoms with Crippen molar-refractivity contribution in [3.05, 3.63) is 0 Å². The highest BCUT2D eigenvalue weighted by Crippen LogP contribution is 2.24. The SMILES string of the molecule is CC(C)(O)NC(Cl)(Cl)Cl. The van der Waals surface area contributed by atoms with Crippen LogP contribution in [-0.2, 0) is 0 Å². The molecule has 5 heteroatoms. The van der Waals surface area contributed by atoms with Crippen molar-refractivity contribution >= 4 is 34.8 Å². The van der Waals surface area contributed by atoms with Gasteiger partial charge in [0.05, 0.1) is 0 Å². The maximum Gasteiger partial charge on any atom is 0.247 e. The Hall–Kier alpha value is 0.790. The van der Waals surface area contributed by atoms with Gasteiger partial charge in [0.2, 0.25) is 3.92 Å². The summed E-state index contributed by atoms with van der Waals surface area (Å²) < 4.78 is -1.60. The quantitative estimate of drug-likeness (QED) is 0.376. The van der Waals surface area contributed by atoms with Crippen molar-refractivity contribution in [1.82, 2.24) is 5.32 Å². The third-order valence-electron chi connectivity index (χ3n) is 0.448. The van der Waals surface area contributed by atoms with E-state index in [1.807, 2.05) is 0 Å². The Morgan fingerprint density at radius 3 is 1.56 bits per heavy atom. The number of aliphatic hydroxyl groups is 1. The molecule has 0 aliphatic heterocycles. The highest BCUT2D eigenvalue weighted by Gasteiger charge is 2.26. The summed E-state index contributed by atoms with van der Waals surface area (Å²) in [5, 5.41) is 11.3. The van der Waals surface area contributed by atoms with Crippen LogP contribution >= 0.6 is 34.8 Å². The lowest BCUT2D eigenvalue weighted by molar-refractivity contribution is 0.0430. The number of rotatable bonds is 1. The zero-order chi connectivity index (χ0) is 7.71. The van der Waals surface area contributed by atoms with Gasteiger partial charge < -0.3 is 5.11 Å². The molecule has 0 unspecified atom stereocenters. The molecule has 9 heavy (non-hydrogen) atoms. The van der Waals surface area contributed by atoms with Gasteiger partial charge in [-0.25, -0.2) is 5.32 Å². The third kappa shape index (κ3) is 8.79. The molecule has 0 atom stereocenters. The van der Waals surface area contributed by atoms with Crippen LogP contribution in [0, 0.1) is 0 Å². The van der Waals surface area contributed by atoms with Crippen LogP contribution in [0.3, 0.4) is 0 Å². The van der Waals surface area contributed by atoms with Gasteiger partial charge in [0, 0.05) is 0 Å². The van der Waals surface area contributed by atoms with E-state index in [1.165, 1.54) is 13.8 Å². The van der Waals surface area contributed by atoms with Gasteiger partial charge in [-0.3, -0.25) is 0 Å². The highest BCUT2D eigenvalue weighted by atomic mass is 35.6. The van der Waals surface area contributed by atoms with E-state index in [0.29, 0.717) is 0 Å². The van der Waals surface area contributed by atoms with E-state index in [9.17, 15) is 0 Å². The first-order valence-corrected chi connectivity index (χ1v) is 3.42. The Morgan fingerprint density at radius 2 is 1.56 bits per heavy atom. The van der Waals surface area contributed by atoms with Crippen molar-refractivity contribution in [3.63, 3.8) is 0 Å². The van der Waals surface area contributed by atoms with Crippen LogP contribution in [0.1, 0.15) is 13.8 Å². The Labute approximate surface area is 69.1 Å². The molecule has 0 amide bonds. The number of halogens is 3. The summed E-state index contributed by atoms with van der Waals surface area (Å²) in [5.41, 5.74) is -1.16. The fourth-order valence-electron chi connectivity index (χ4n) is 0.347. The van der Waals surface area contributed by atoms with Crippen molar-refractivity contribution in [3.8, 4) is 0 Å². The van der Waals surface area contributed by atoms with Crippen LogP contribution in [0.4, 0.5) is 0 Å². The lowest BCUT2D eigenvalue weighted by Gasteiger charge is -2.24. The first-order chi connectivity index (χ1) is 3.71. The van der Waals surface area contributed by atoms with Crippen molar-refractivity contribution in [2.24, 2.45) is 0 Å². The van der Waals surface area contributed by atoms with Crippen molar-refractivity contribution in [2.45, 2.75) is 23.5 Å². The van der Waals surface area contributed by atoms with Crippen molar-refractivity contribution in [2.75, 3.05) is 0 Å². The minimum atomic E-state index is -1.60. The van der Waals surface area contributed by atoms with Crippen LogP contribution in [0.25, 0.3) is 0 Å². The smallest absolute Gasteiger partial charge is 0.247 e. The average molecular weight is 192 g/mol. The molecule has 2 N–H and O–H groups in total. The zero-order valence-electron chi connectivity index (χ0n) is 5.08. The number of nitrogens with one attached hydrogen (secondary N) is 1. The van der Waals surface area contributed by atoms with E-state index in [4.69, 9.17) is 39.9 Å². The van der Waals surface area contributed by atoms with E-state index in [0.717, 1.165) is 0 Å². The minimum absolute atomic E-state index is 1.16. The first kappa shape index (κ1) is 9.79. The topological polar surface area (TPSA) is 32.3 Å².